The molecule has 0 radical (unpaired) electrons. The van der Waals surface area contributed by atoms with E-state index >= 15 is 0 Å². The van der Waals surface area contributed by atoms with E-state index in [2.05, 4.69) is 34.1 Å². The van der Waals surface area contributed by atoms with Gasteiger partial charge >= 0.3 is 0 Å². The molecule has 4 aromatic rings. The van der Waals surface area contributed by atoms with Gasteiger partial charge in [-0.1, -0.05) is 121 Å². The molecule has 4 saturated heterocycles. The van der Waals surface area contributed by atoms with Crippen molar-refractivity contribution >= 4 is 0 Å². The Morgan fingerprint density at radius 1 is 0.571 bits per heavy atom. The average molecular weight is 765 g/mol. The van der Waals surface area contributed by atoms with Gasteiger partial charge in [0.05, 0.1) is 26.4 Å². The molecule has 12 heteroatoms. The number of hydrogen-bond donors (Lipinski definition) is 2. The van der Waals surface area contributed by atoms with Crippen LogP contribution in [0.3, 0.4) is 0 Å². The van der Waals surface area contributed by atoms with Crippen molar-refractivity contribution in [1.82, 2.24) is 9.80 Å². The first-order valence-corrected chi connectivity index (χ1v) is 19.5. The van der Waals surface area contributed by atoms with Crippen LogP contribution in [0.25, 0.3) is 0 Å². The zero-order chi connectivity index (χ0) is 39.5. The molecule has 0 unspecified atom stereocenters. The number of aliphatic hydroxyl groups is 2. The van der Waals surface area contributed by atoms with Gasteiger partial charge in [-0.05, 0) is 48.9 Å². The summed E-state index contributed by atoms with van der Waals surface area (Å²) in [7, 11) is 0. The van der Waals surface area contributed by atoms with Crippen molar-refractivity contribution in [3.63, 3.8) is 0 Å². The molecule has 56 heavy (non-hydrogen) atoms. The Morgan fingerprint density at radius 3 is 1.21 bits per heavy atom. The summed E-state index contributed by atoms with van der Waals surface area (Å²) < 4.78 is 11.7. The van der Waals surface area contributed by atoms with Gasteiger partial charge in [-0.15, -0.1) is 0 Å². The Morgan fingerprint density at radius 2 is 0.893 bits per heavy atom. The van der Waals surface area contributed by atoms with Crippen LogP contribution in [0.4, 0.5) is 0 Å². The quantitative estimate of drug-likeness (QED) is 0.169. The van der Waals surface area contributed by atoms with Crippen molar-refractivity contribution < 1.29 is 29.5 Å². The number of rotatable bonds is 8. The maximum Gasteiger partial charge on any atom is 0.260 e. The molecular weight excluding hydrogens is 713 g/mol. The summed E-state index contributed by atoms with van der Waals surface area (Å²) in [6, 6.07) is 36.1. The van der Waals surface area contributed by atoms with Crippen LogP contribution >= 0.6 is 0 Å². The second kappa shape index (κ2) is 16.9. The van der Waals surface area contributed by atoms with Crippen molar-refractivity contribution in [2.45, 2.75) is 99.1 Å². The van der Waals surface area contributed by atoms with E-state index in [9.17, 15) is 30.4 Å². The molecule has 4 fully saturated rings. The smallest absolute Gasteiger partial charge is 0.260 e. The van der Waals surface area contributed by atoms with Crippen LogP contribution in [0, 0.1) is 20.2 Å². The lowest BCUT2D eigenvalue weighted by atomic mass is 9.75. The van der Waals surface area contributed by atoms with Crippen molar-refractivity contribution in [2.75, 3.05) is 26.4 Å². The van der Waals surface area contributed by atoms with Crippen molar-refractivity contribution in [2.24, 2.45) is 0 Å². The summed E-state index contributed by atoms with van der Waals surface area (Å²) in [5.74, 6) is 0. The fraction of sp³-hybridized carbons (Fsp3) is 0.455. The summed E-state index contributed by atoms with van der Waals surface area (Å²) in [5, 5.41) is 46.2. The highest BCUT2D eigenvalue weighted by Gasteiger charge is 2.60. The summed E-state index contributed by atoms with van der Waals surface area (Å²) in [6.07, 6.45) is 2.17. The minimum atomic E-state index is -1.40. The number of morpholine rings is 2. The maximum atomic E-state index is 12.1. The van der Waals surface area contributed by atoms with Gasteiger partial charge in [0.2, 0.25) is 0 Å². The molecule has 12 nitrogen and oxygen atoms in total. The number of ether oxygens (including phenoxy) is 2. The van der Waals surface area contributed by atoms with Crippen LogP contribution in [0.1, 0.15) is 61.0 Å². The number of hydrogen-bond acceptors (Lipinski definition) is 10. The van der Waals surface area contributed by atoms with Crippen molar-refractivity contribution in [3.8, 4) is 0 Å². The third-order valence-electron chi connectivity index (χ3n) is 12.1. The number of fused-ring (bicyclic) bond motifs is 2. The molecule has 2 N–H and O–H groups in total. The number of nitrogens with zero attached hydrogens (tertiary/aromatic N) is 4. The predicted molar refractivity (Wildman–Crippen MR) is 211 cm³/mol. The topological polar surface area (TPSA) is 152 Å². The molecule has 10 atom stereocenters. The molecule has 0 saturated carbocycles. The fourth-order valence-electron chi connectivity index (χ4n) is 9.85. The van der Waals surface area contributed by atoms with E-state index in [0.717, 1.165) is 24.0 Å². The van der Waals surface area contributed by atoms with Gasteiger partial charge in [0.25, 0.3) is 12.1 Å². The van der Waals surface area contributed by atoms with Gasteiger partial charge < -0.3 is 19.7 Å². The molecule has 4 aromatic carbocycles. The molecule has 8 rings (SSSR count). The Balaban J connectivity index is 0.000000172. The highest BCUT2D eigenvalue weighted by Crippen LogP contribution is 2.46. The normalized spacial score (nSPS) is 33.2. The molecule has 4 aliphatic rings. The Bertz CT molecular complexity index is 1760. The molecule has 0 amide bonds. The van der Waals surface area contributed by atoms with Gasteiger partial charge in [0.1, 0.15) is 23.3 Å². The maximum absolute atomic E-state index is 12.1. The van der Waals surface area contributed by atoms with Crippen LogP contribution in [0.15, 0.2) is 121 Å². The third kappa shape index (κ3) is 8.41. The van der Waals surface area contributed by atoms with Crippen LogP contribution in [-0.4, -0.2) is 104 Å². The van der Waals surface area contributed by atoms with Gasteiger partial charge in [-0.3, -0.25) is 30.0 Å². The second-order valence-corrected chi connectivity index (χ2v) is 16.3. The van der Waals surface area contributed by atoms with Gasteiger partial charge in [-0.2, -0.15) is 0 Å². The number of nitro groups is 2. The van der Waals surface area contributed by atoms with Gasteiger partial charge in [-0.25, -0.2) is 0 Å². The van der Waals surface area contributed by atoms with Crippen LogP contribution in [0.2, 0.25) is 0 Å². The fourth-order valence-corrected chi connectivity index (χ4v) is 9.85. The first-order valence-electron chi connectivity index (χ1n) is 19.5. The Labute approximate surface area is 328 Å². The molecular formula is C44H52N4O8. The minimum absolute atomic E-state index is 0.0184. The predicted octanol–water partition coefficient (Wildman–Crippen LogP) is 5.68. The van der Waals surface area contributed by atoms with Gasteiger partial charge in [0, 0.05) is 46.9 Å². The van der Waals surface area contributed by atoms with E-state index in [4.69, 9.17) is 9.47 Å². The highest BCUT2D eigenvalue weighted by atomic mass is 16.6. The molecule has 4 aliphatic heterocycles. The SMILES string of the molecule is C[C@@]1(O)C[C@H]2COC[C@H](Cc3ccccc3)N2[C@@H](c2ccccc2)[C@@H]1[N+](=O)[O-].C[C@@]1(O)C[C@H]2COC[C@H](Cc3ccccc3)N2[C@@H](c2ccccc2)[C@@H]1[N+](=O)[O-]. The molecule has 0 aliphatic carbocycles. The number of piperidine rings is 2. The first kappa shape index (κ1) is 39.7. The Hall–Kier alpha value is -4.56. The van der Waals surface area contributed by atoms with Crippen LogP contribution < -0.4 is 0 Å². The zero-order valence-corrected chi connectivity index (χ0v) is 32.0. The van der Waals surface area contributed by atoms with E-state index in [1.807, 2.05) is 97.1 Å². The van der Waals surface area contributed by atoms with E-state index in [1.54, 1.807) is 13.8 Å². The summed E-state index contributed by atoms with van der Waals surface area (Å²) in [6.45, 7) is 5.20. The monoisotopic (exact) mass is 764 g/mol. The molecule has 296 valence electrons. The molecule has 0 aromatic heterocycles. The Kier molecular flexibility index (Phi) is 12.0. The van der Waals surface area contributed by atoms with Crippen LogP contribution in [-0.2, 0) is 22.3 Å². The third-order valence-corrected chi connectivity index (χ3v) is 12.1. The lowest BCUT2D eigenvalue weighted by molar-refractivity contribution is -0.561. The standard InChI is InChI=1S/2C22H26N2O4/c2*1-22(25)13-19-15-28-14-18(12-16-8-4-2-5-9-16)23(19)20(21(22)24(26)27)17-10-6-3-7-11-17/h2*2-11,18-21,25H,12-15H2,1H3/t2*18-,19-,20-,21-,22+/m00/s1. The largest absolute Gasteiger partial charge is 0.383 e. The van der Waals surface area contributed by atoms with E-state index in [1.165, 1.54) is 11.1 Å². The van der Waals surface area contributed by atoms with E-state index in [-0.39, 0.29) is 34.0 Å². The van der Waals surface area contributed by atoms with Crippen molar-refractivity contribution in [3.05, 3.63) is 164 Å². The van der Waals surface area contributed by atoms with E-state index in [0.29, 0.717) is 39.3 Å². The van der Waals surface area contributed by atoms with Crippen LogP contribution in [0.5, 0.6) is 0 Å². The zero-order valence-electron chi connectivity index (χ0n) is 32.0. The summed E-state index contributed by atoms with van der Waals surface area (Å²) in [5.41, 5.74) is 1.30. The van der Waals surface area contributed by atoms with E-state index < -0.39 is 35.4 Å². The molecule has 0 bridgehead atoms. The lowest BCUT2D eigenvalue weighted by Crippen LogP contribution is -2.67. The summed E-state index contributed by atoms with van der Waals surface area (Å²) >= 11 is 0. The van der Waals surface area contributed by atoms with Crippen molar-refractivity contribution in [1.29, 1.82) is 0 Å². The molecule has 0 spiro atoms. The average Bonchev–Trinajstić information content (AvgIpc) is 3.18. The second-order valence-electron chi connectivity index (χ2n) is 16.3. The minimum Gasteiger partial charge on any atom is -0.383 e. The molecule has 4 heterocycles. The highest BCUT2D eigenvalue weighted by molar-refractivity contribution is 5.27. The lowest BCUT2D eigenvalue weighted by Gasteiger charge is -2.53. The summed E-state index contributed by atoms with van der Waals surface area (Å²) in [4.78, 5) is 28.1. The first-order chi connectivity index (χ1) is 26.9. The number of benzene rings is 4. The van der Waals surface area contributed by atoms with Gasteiger partial charge in [0.15, 0.2) is 0 Å².